The molecule has 1 saturated heterocycles. The Balaban J connectivity index is 1.70. The van der Waals surface area contributed by atoms with Crippen LogP contribution in [0.1, 0.15) is 55.0 Å². The van der Waals surface area contributed by atoms with E-state index in [1.165, 1.54) is 21.8 Å². The molecule has 1 atom stereocenters. The summed E-state index contributed by atoms with van der Waals surface area (Å²) >= 11 is 7.39. The zero-order chi connectivity index (χ0) is 25.6. The molecule has 0 bridgehead atoms. The Morgan fingerprint density at radius 3 is 2.39 bits per heavy atom. The first-order valence-electron chi connectivity index (χ1n) is 11.8. The molecule has 7 heteroatoms. The van der Waals surface area contributed by atoms with Crippen molar-refractivity contribution in [2.24, 2.45) is 0 Å². The number of nitrogens with zero attached hydrogens (tertiary/aromatic N) is 2. The molecule has 1 N–H and O–H groups in total. The standard InChI is InChI=1S/C29H25ClN2O3S/c1-4-17-5-14-22-23(15-17)36-29(31-22)32-25(19-8-6-18(7-9-19)16(2)3)24(27(34)28(32)35)26(33)20-10-12-21(30)13-11-20/h5-16,25,33H,4H2,1-3H3/b26-24+/t25-/m0/s1. The van der Waals surface area contributed by atoms with E-state index in [1.54, 1.807) is 24.3 Å². The molecule has 1 aromatic heterocycles. The van der Waals surface area contributed by atoms with Crippen molar-refractivity contribution in [1.82, 2.24) is 4.98 Å². The molecule has 4 aromatic rings. The van der Waals surface area contributed by atoms with E-state index in [0.717, 1.165) is 27.8 Å². The number of Topliss-reactive ketones (excluding diaryl/α,β-unsaturated/α-hetero) is 1. The Hall–Kier alpha value is -3.48. The van der Waals surface area contributed by atoms with E-state index in [4.69, 9.17) is 16.6 Å². The second-order valence-electron chi connectivity index (χ2n) is 9.15. The summed E-state index contributed by atoms with van der Waals surface area (Å²) in [5.41, 5.74) is 4.25. The summed E-state index contributed by atoms with van der Waals surface area (Å²) in [6.07, 6.45) is 0.886. The fourth-order valence-corrected chi connectivity index (χ4v) is 5.63. The largest absolute Gasteiger partial charge is 0.507 e. The van der Waals surface area contributed by atoms with Gasteiger partial charge in [-0.25, -0.2) is 4.98 Å². The van der Waals surface area contributed by atoms with Crippen LogP contribution in [0.15, 0.2) is 72.3 Å². The van der Waals surface area contributed by atoms with E-state index >= 15 is 0 Å². The molecule has 5 nitrogen and oxygen atoms in total. The van der Waals surface area contributed by atoms with E-state index in [2.05, 4.69) is 26.8 Å². The number of benzene rings is 3. The van der Waals surface area contributed by atoms with Crippen molar-refractivity contribution in [2.75, 3.05) is 4.90 Å². The molecule has 0 radical (unpaired) electrons. The van der Waals surface area contributed by atoms with E-state index in [1.807, 2.05) is 36.4 Å². The topological polar surface area (TPSA) is 70.5 Å². The predicted octanol–water partition coefficient (Wildman–Crippen LogP) is 7.26. The lowest BCUT2D eigenvalue weighted by Gasteiger charge is -2.23. The summed E-state index contributed by atoms with van der Waals surface area (Å²) in [4.78, 5) is 33.0. The summed E-state index contributed by atoms with van der Waals surface area (Å²) in [7, 11) is 0. The lowest BCUT2D eigenvalue weighted by atomic mass is 9.93. The molecule has 0 aliphatic carbocycles. The van der Waals surface area contributed by atoms with Gasteiger partial charge in [-0.15, -0.1) is 0 Å². The van der Waals surface area contributed by atoms with Crippen LogP contribution >= 0.6 is 22.9 Å². The van der Waals surface area contributed by atoms with Crippen LogP contribution in [-0.4, -0.2) is 21.8 Å². The predicted molar refractivity (Wildman–Crippen MR) is 146 cm³/mol. The van der Waals surface area contributed by atoms with Crippen LogP contribution in [0.4, 0.5) is 5.13 Å². The van der Waals surface area contributed by atoms with Crippen molar-refractivity contribution in [3.63, 3.8) is 0 Å². The van der Waals surface area contributed by atoms with Gasteiger partial charge in [0.25, 0.3) is 5.78 Å². The number of aryl methyl sites for hydroxylation is 1. The Kier molecular flexibility index (Phi) is 6.41. The van der Waals surface area contributed by atoms with Gasteiger partial charge in [0.15, 0.2) is 5.13 Å². The van der Waals surface area contributed by atoms with Gasteiger partial charge in [0.05, 0.1) is 21.8 Å². The van der Waals surface area contributed by atoms with Crippen LogP contribution in [0.25, 0.3) is 16.0 Å². The van der Waals surface area contributed by atoms with Crippen molar-refractivity contribution >= 4 is 55.7 Å². The molecule has 0 saturated carbocycles. The van der Waals surface area contributed by atoms with Crippen molar-refractivity contribution in [3.05, 3.63) is 99.6 Å². The summed E-state index contributed by atoms with van der Waals surface area (Å²) < 4.78 is 0.942. The lowest BCUT2D eigenvalue weighted by Crippen LogP contribution is -2.29. The highest BCUT2D eigenvalue weighted by Crippen LogP contribution is 2.44. The SMILES string of the molecule is CCc1ccc2nc(N3C(=O)C(=O)/C(=C(/O)c4ccc(Cl)cc4)[C@@H]3c3ccc(C(C)C)cc3)sc2c1. The number of aliphatic hydroxyl groups excluding tert-OH is 1. The highest BCUT2D eigenvalue weighted by molar-refractivity contribution is 7.22. The van der Waals surface area contributed by atoms with Gasteiger partial charge in [-0.2, -0.15) is 0 Å². The normalized spacial score (nSPS) is 17.5. The molecule has 0 spiro atoms. The smallest absolute Gasteiger partial charge is 0.301 e. The minimum atomic E-state index is -0.812. The molecule has 1 amide bonds. The second-order valence-corrected chi connectivity index (χ2v) is 10.6. The number of halogens is 1. The van der Waals surface area contributed by atoms with E-state index in [-0.39, 0.29) is 11.3 Å². The first-order valence-corrected chi connectivity index (χ1v) is 13.0. The third-order valence-corrected chi connectivity index (χ3v) is 7.81. The zero-order valence-electron chi connectivity index (χ0n) is 20.2. The number of anilines is 1. The molecule has 36 heavy (non-hydrogen) atoms. The molecule has 2 heterocycles. The molecular formula is C29H25ClN2O3S. The summed E-state index contributed by atoms with van der Waals surface area (Å²) in [5, 5.41) is 12.2. The number of hydrogen-bond acceptors (Lipinski definition) is 5. The van der Waals surface area contributed by atoms with Crippen molar-refractivity contribution in [1.29, 1.82) is 0 Å². The monoisotopic (exact) mass is 516 g/mol. The fraction of sp³-hybridized carbons (Fsp3) is 0.207. The first kappa shape index (κ1) is 24.2. The minimum absolute atomic E-state index is 0.0353. The number of hydrogen-bond donors (Lipinski definition) is 1. The average molecular weight is 517 g/mol. The van der Waals surface area contributed by atoms with Gasteiger partial charge in [0.1, 0.15) is 5.76 Å². The number of fused-ring (bicyclic) bond motifs is 1. The average Bonchev–Trinajstić information content (AvgIpc) is 3.41. The van der Waals surface area contributed by atoms with E-state index in [9.17, 15) is 14.7 Å². The molecule has 182 valence electrons. The van der Waals surface area contributed by atoms with Gasteiger partial charge < -0.3 is 5.11 Å². The third kappa shape index (κ3) is 4.21. The van der Waals surface area contributed by atoms with Crippen LogP contribution in [0.3, 0.4) is 0 Å². The Morgan fingerprint density at radius 2 is 1.75 bits per heavy atom. The van der Waals surface area contributed by atoms with Crippen LogP contribution in [0.5, 0.6) is 0 Å². The van der Waals surface area contributed by atoms with Crippen LogP contribution < -0.4 is 4.90 Å². The highest BCUT2D eigenvalue weighted by Gasteiger charge is 2.48. The van der Waals surface area contributed by atoms with Crippen LogP contribution in [0.2, 0.25) is 5.02 Å². The van der Waals surface area contributed by atoms with Gasteiger partial charge >= 0.3 is 5.91 Å². The van der Waals surface area contributed by atoms with E-state index < -0.39 is 17.7 Å². The Labute approximate surface area is 218 Å². The maximum absolute atomic E-state index is 13.4. The third-order valence-electron chi connectivity index (χ3n) is 6.54. The lowest BCUT2D eigenvalue weighted by molar-refractivity contribution is -0.132. The van der Waals surface area contributed by atoms with Gasteiger partial charge in [0.2, 0.25) is 0 Å². The summed E-state index contributed by atoms with van der Waals surface area (Å²) in [6, 6.07) is 19.6. The molecular weight excluding hydrogens is 492 g/mol. The van der Waals surface area contributed by atoms with Gasteiger partial charge in [-0.05, 0) is 65.4 Å². The van der Waals surface area contributed by atoms with Gasteiger partial charge in [-0.1, -0.05) is 74.0 Å². The van der Waals surface area contributed by atoms with Crippen molar-refractivity contribution in [2.45, 2.75) is 39.2 Å². The van der Waals surface area contributed by atoms with Crippen molar-refractivity contribution < 1.29 is 14.7 Å². The highest BCUT2D eigenvalue weighted by atomic mass is 35.5. The molecule has 3 aromatic carbocycles. The van der Waals surface area contributed by atoms with Gasteiger partial charge in [0, 0.05) is 10.6 Å². The summed E-state index contributed by atoms with van der Waals surface area (Å²) in [6.45, 7) is 6.29. The molecule has 1 fully saturated rings. The zero-order valence-corrected chi connectivity index (χ0v) is 21.7. The Morgan fingerprint density at radius 1 is 1.06 bits per heavy atom. The van der Waals surface area contributed by atoms with Crippen LogP contribution in [0, 0.1) is 0 Å². The van der Waals surface area contributed by atoms with Gasteiger partial charge in [-0.3, -0.25) is 14.5 Å². The number of amides is 1. The molecule has 1 aliphatic rings. The number of aromatic nitrogens is 1. The second kappa shape index (κ2) is 9.52. The number of thiazole rings is 1. The maximum Gasteiger partial charge on any atom is 0.301 e. The Bertz CT molecular complexity index is 1500. The molecule has 1 aliphatic heterocycles. The number of rotatable bonds is 5. The molecule has 0 unspecified atom stereocenters. The summed E-state index contributed by atoms with van der Waals surface area (Å²) in [5.74, 6) is -1.36. The van der Waals surface area contributed by atoms with Crippen LogP contribution in [-0.2, 0) is 16.0 Å². The first-order chi connectivity index (χ1) is 17.3. The number of carbonyl (C=O) groups excluding carboxylic acids is 2. The number of ketones is 1. The maximum atomic E-state index is 13.4. The van der Waals surface area contributed by atoms with E-state index in [0.29, 0.717) is 21.6 Å². The number of aliphatic hydroxyl groups is 1. The van der Waals surface area contributed by atoms with Crippen molar-refractivity contribution in [3.8, 4) is 0 Å². The quantitative estimate of drug-likeness (QED) is 0.172. The molecule has 5 rings (SSSR count). The number of carbonyl (C=O) groups is 2. The fourth-order valence-electron chi connectivity index (χ4n) is 4.45. The minimum Gasteiger partial charge on any atom is -0.507 e.